The zero-order valence-corrected chi connectivity index (χ0v) is 18.5. The number of hydrogen-bond donors (Lipinski definition) is 0. The Labute approximate surface area is 183 Å². The molecule has 0 radical (unpaired) electrons. The quantitative estimate of drug-likeness (QED) is 0.595. The van der Waals surface area contributed by atoms with Crippen molar-refractivity contribution in [3.8, 4) is 0 Å². The standard InChI is InChI=1S/C24H27N3O3S/c1-25(18-20-7-3-2-4-8-20)19-24(28)26-13-15-27(16-14-26)31(29,30)23-12-11-21-9-5-6-10-22(21)17-23/h2-12,17H,13-16,18-19H2,1H3. The molecule has 1 saturated heterocycles. The molecular formula is C24H27N3O3S. The molecule has 0 unspecified atom stereocenters. The number of hydrogen-bond acceptors (Lipinski definition) is 4. The van der Waals surface area contributed by atoms with E-state index in [1.807, 2.05) is 72.6 Å². The second-order valence-corrected chi connectivity index (χ2v) is 9.89. The number of likely N-dealkylation sites (N-methyl/N-ethyl adjacent to an activating group) is 1. The zero-order valence-electron chi connectivity index (χ0n) is 17.6. The first kappa shape index (κ1) is 21.5. The van der Waals surface area contributed by atoms with Crippen LogP contribution in [-0.4, -0.2) is 68.2 Å². The van der Waals surface area contributed by atoms with Crippen molar-refractivity contribution in [2.24, 2.45) is 0 Å². The summed E-state index contributed by atoms with van der Waals surface area (Å²) in [7, 11) is -1.66. The lowest BCUT2D eigenvalue weighted by Gasteiger charge is -2.34. The highest BCUT2D eigenvalue weighted by Crippen LogP contribution is 2.23. The molecule has 0 spiro atoms. The van der Waals surface area contributed by atoms with Crippen LogP contribution in [0.25, 0.3) is 10.8 Å². The molecule has 1 heterocycles. The van der Waals surface area contributed by atoms with Crippen LogP contribution in [0.5, 0.6) is 0 Å². The van der Waals surface area contributed by atoms with E-state index in [0.717, 1.165) is 16.3 Å². The monoisotopic (exact) mass is 437 g/mol. The third-order valence-electron chi connectivity index (χ3n) is 5.65. The molecule has 1 fully saturated rings. The molecule has 162 valence electrons. The molecule has 7 heteroatoms. The Bertz CT molecular complexity index is 1160. The Morgan fingerprint density at radius 3 is 2.23 bits per heavy atom. The van der Waals surface area contributed by atoms with Gasteiger partial charge in [-0.15, -0.1) is 0 Å². The lowest BCUT2D eigenvalue weighted by Crippen LogP contribution is -2.52. The Kier molecular flexibility index (Phi) is 6.36. The van der Waals surface area contributed by atoms with E-state index in [0.29, 0.717) is 44.2 Å². The highest BCUT2D eigenvalue weighted by Gasteiger charge is 2.30. The molecule has 0 aliphatic carbocycles. The summed E-state index contributed by atoms with van der Waals surface area (Å²) in [5.74, 6) is 0.0289. The first-order chi connectivity index (χ1) is 14.9. The molecule has 1 aliphatic heterocycles. The van der Waals surface area contributed by atoms with Crippen LogP contribution >= 0.6 is 0 Å². The summed E-state index contributed by atoms with van der Waals surface area (Å²) in [4.78, 5) is 16.7. The van der Waals surface area contributed by atoms with Gasteiger partial charge in [0, 0.05) is 32.7 Å². The Morgan fingerprint density at radius 2 is 1.52 bits per heavy atom. The number of nitrogens with zero attached hydrogens (tertiary/aromatic N) is 3. The van der Waals surface area contributed by atoms with Gasteiger partial charge in [-0.25, -0.2) is 8.42 Å². The number of rotatable bonds is 6. The normalized spacial score (nSPS) is 15.5. The lowest BCUT2D eigenvalue weighted by atomic mass is 10.1. The Balaban J connectivity index is 1.35. The Morgan fingerprint density at radius 1 is 0.871 bits per heavy atom. The molecule has 0 N–H and O–H groups in total. The van der Waals surface area contributed by atoms with Gasteiger partial charge in [-0.1, -0.05) is 60.7 Å². The van der Waals surface area contributed by atoms with E-state index in [-0.39, 0.29) is 5.91 Å². The van der Waals surface area contributed by atoms with Gasteiger partial charge >= 0.3 is 0 Å². The summed E-state index contributed by atoms with van der Waals surface area (Å²) < 4.78 is 27.7. The summed E-state index contributed by atoms with van der Waals surface area (Å²) in [6, 6.07) is 23.0. The van der Waals surface area contributed by atoms with Gasteiger partial charge in [0.05, 0.1) is 11.4 Å². The van der Waals surface area contributed by atoms with E-state index in [2.05, 4.69) is 0 Å². The van der Waals surface area contributed by atoms with Gasteiger partial charge in [0.2, 0.25) is 15.9 Å². The number of piperazine rings is 1. The van der Waals surface area contributed by atoms with Gasteiger partial charge in [0.1, 0.15) is 0 Å². The predicted octanol–water partition coefficient (Wildman–Crippen LogP) is 2.80. The molecule has 3 aromatic rings. The number of carbonyl (C=O) groups is 1. The van der Waals surface area contributed by atoms with Crippen molar-refractivity contribution < 1.29 is 13.2 Å². The molecule has 31 heavy (non-hydrogen) atoms. The molecule has 0 atom stereocenters. The van der Waals surface area contributed by atoms with E-state index in [1.165, 1.54) is 4.31 Å². The second-order valence-electron chi connectivity index (χ2n) is 7.95. The van der Waals surface area contributed by atoms with Crippen molar-refractivity contribution in [2.45, 2.75) is 11.4 Å². The van der Waals surface area contributed by atoms with Crippen molar-refractivity contribution in [2.75, 3.05) is 39.8 Å². The SMILES string of the molecule is CN(CC(=O)N1CCN(S(=O)(=O)c2ccc3ccccc3c2)CC1)Cc1ccccc1. The van der Waals surface area contributed by atoms with Crippen LogP contribution in [0.3, 0.4) is 0 Å². The van der Waals surface area contributed by atoms with Crippen molar-refractivity contribution >= 4 is 26.7 Å². The maximum atomic E-state index is 13.1. The van der Waals surface area contributed by atoms with E-state index >= 15 is 0 Å². The van der Waals surface area contributed by atoms with Crippen LogP contribution in [0.4, 0.5) is 0 Å². The van der Waals surface area contributed by atoms with E-state index in [9.17, 15) is 13.2 Å². The number of sulfonamides is 1. The first-order valence-electron chi connectivity index (χ1n) is 10.4. The first-order valence-corrected chi connectivity index (χ1v) is 11.9. The minimum atomic E-state index is -3.58. The summed E-state index contributed by atoms with van der Waals surface area (Å²) in [6.45, 7) is 2.44. The van der Waals surface area contributed by atoms with E-state index < -0.39 is 10.0 Å². The van der Waals surface area contributed by atoms with Crippen LogP contribution in [-0.2, 0) is 21.4 Å². The van der Waals surface area contributed by atoms with Gasteiger partial charge < -0.3 is 4.90 Å². The highest BCUT2D eigenvalue weighted by molar-refractivity contribution is 7.89. The van der Waals surface area contributed by atoms with Crippen LogP contribution in [0.2, 0.25) is 0 Å². The number of benzene rings is 3. The van der Waals surface area contributed by atoms with E-state index in [1.54, 1.807) is 17.0 Å². The number of amides is 1. The maximum absolute atomic E-state index is 13.1. The average Bonchev–Trinajstić information content (AvgIpc) is 2.79. The molecule has 3 aromatic carbocycles. The fourth-order valence-corrected chi connectivity index (χ4v) is 5.39. The molecule has 1 aliphatic rings. The summed E-state index contributed by atoms with van der Waals surface area (Å²) >= 11 is 0. The third kappa shape index (κ3) is 4.95. The summed E-state index contributed by atoms with van der Waals surface area (Å²) in [5, 5.41) is 1.91. The van der Waals surface area contributed by atoms with Gasteiger partial charge in [0.15, 0.2) is 0 Å². The zero-order chi connectivity index (χ0) is 21.8. The van der Waals surface area contributed by atoms with Gasteiger partial charge in [0.25, 0.3) is 0 Å². The Hall–Kier alpha value is -2.74. The third-order valence-corrected chi connectivity index (χ3v) is 7.55. The van der Waals surface area contributed by atoms with Gasteiger partial charge in [-0.3, -0.25) is 9.69 Å². The largest absolute Gasteiger partial charge is 0.339 e. The highest BCUT2D eigenvalue weighted by atomic mass is 32.2. The minimum absolute atomic E-state index is 0.0289. The molecule has 0 bridgehead atoms. The van der Waals surface area contributed by atoms with Crippen molar-refractivity contribution in [1.29, 1.82) is 0 Å². The summed E-state index contributed by atoms with van der Waals surface area (Å²) in [5.41, 5.74) is 1.16. The average molecular weight is 438 g/mol. The van der Waals surface area contributed by atoms with Crippen LogP contribution in [0, 0.1) is 0 Å². The number of carbonyl (C=O) groups excluding carboxylic acids is 1. The maximum Gasteiger partial charge on any atom is 0.243 e. The van der Waals surface area contributed by atoms with Gasteiger partial charge in [-0.2, -0.15) is 4.31 Å². The molecular weight excluding hydrogens is 410 g/mol. The molecule has 0 saturated carbocycles. The minimum Gasteiger partial charge on any atom is -0.339 e. The van der Waals surface area contributed by atoms with Crippen LogP contribution in [0.15, 0.2) is 77.7 Å². The molecule has 0 aromatic heterocycles. The van der Waals surface area contributed by atoms with E-state index in [4.69, 9.17) is 0 Å². The van der Waals surface area contributed by atoms with Crippen LogP contribution in [0.1, 0.15) is 5.56 Å². The fourth-order valence-electron chi connectivity index (χ4n) is 3.94. The smallest absolute Gasteiger partial charge is 0.243 e. The van der Waals surface area contributed by atoms with Crippen molar-refractivity contribution in [3.63, 3.8) is 0 Å². The molecule has 1 amide bonds. The molecule has 6 nitrogen and oxygen atoms in total. The number of fused-ring (bicyclic) bond motifs is 1. The van der Waals surface area contributed by atoms with Crippen molar-refractivity contribution in [3.05, 3.63) is 78.4 Å². The van der Waals surface area contributed by atoms with Crippen molar-refractivity contribution in [1.82, 2.24) is 14.1 Å². The summed E-state index contributed by atoms with van der Waals surface area (Å²) in [6.07, 6.45) is 0. The topological polar surface area (TPSA) is 60.9 Å². The second kappa shape index (κ2) is 9.18. The molecule has 4 rings (SSSR count). The van der Waals surface area contributed by atoms with Gasteiger partial charge in [-0.05, 0) is 35.5 Å². The fraction of sp³-hybridized carbons (Fsp3) is 0.292. The predicted molar refractivity (Wildman–Crippen MR) is 122 cm³/mol. The van der Waals surface area contributed by atoms with Crippen LogP contribution < -0.4 is 0 Å². The lowest BCUT2D eigenvalue weighted by molar-refractivity contribution is -0.133.